The van der Waals surface area contributed by atoms with Gasteiger partial charge in [-0.3, -0.25) is 14.5 Å². The Bertz CT molecular complexity index is 204. The van der Waals surface area contributed by atoms with E-state index in [4.69, 9.17) is 5.73 Å². The van der Waals surface area contributed by atoms with E-state index >= 15 is 0 Å². The van der Waals surface area contributed by atoms with E-state index in [1.54, 1.807) is 0 Å². The van der Waals surface area contributed by atoms with Crippen LogP contribution < -0.4 is 5.73 Å². The number of carbonyl (C=O) groups is 2. The molecule has 1 aliphatic rings. The number of nitrogens with zero attached hydrogens (tertiary/aromatic N) is 1. The molecule has 0 saturated carbocycles. The molecule has 13 heavy (non-hydrogen) atoms. The van der Waals surface area contributed by atoms with Crippen molar-refractivity contribution >= 4 is 23.6 Å². The van der Waals surface area contributed by atoms with E-state index < -0.39 is 0 Å². The second kappa shape index (κ2) is 4.62. The van der Waals surface area contributed by atoms with Gasteiger partial charge < -0.3 is 5.73 Å². The van der Waals surface area contributed by atoms with Crippen molar-refractivity contribution in [2.24, 2.45) is 11.7 Å². The van der Waals surface area contributed by atoms with Gasteiger partial charge in [-0.2, -0.15) is 0 Å². The van der Waals surface area contributed by atoms with Gasteiger partial charge >= 0.3 is 0 Å². The van der Waals surface area contributed by atoms with Crippen molar-refractivity contribution in [3.05, 3.63) is 0 Å². The van der Waals surface area contributed by atoms with E-state index in [0.717, 1.165) is 0 Å². The molecule has 0 radical (unpaired) electrons. The third-order valence-corrected chi connectivity index (χ3v) is 2.85. The van der Waals surface area contributed by atoms with Gasteiger partial charge in [0.05, 0.1) is 11.5 Å². The summed E-state index contributed by atoms with van der Waals surface area (Å²) in [5.41, 5.74) is 5.43. The van der Waals surface area contributed by atoms with E-state index in [0.29, 0.717) is 24.6 Å². The molecule has 0 aromatic rings. The number of carbonyl (C=O) groups excluding carboxylic acids is 2. The predicted molar refractivity (Wildman–Crippen MR) is 52.3 cm³/mol. The Morgan fingerprint density at radius 3 is 2.46 bits per heavy atom. The highest BCUT2D eigenvalue weighted by Crippen LogP contribution is 2.13. The monoisotopic (exact) mass is 202 g/mol. The Morgan fingerprint density at radius 2 is 2.00 bits per heavy atom. The molecular weight excluding hydrogens is 188 g/mol. The van der Waals surface area contributed by atoms with Crippen LogP contribution in [-0.4, -0.2) is 41.3 Å². The van der Waals surface area contributed by atoms with Gasteiger partial charge in [0.2, 0.25) is 11.8 Å². The lowest BCUT2D eigenvalue weighted by Crippen LogP contribution is -2.45. The van der Waals surface area contributed by atoms with Crippen molar-refractivity contribution < 1.29 is 9.59 Å². The zero-order valence-corrected chi connectivity index (χ0v) is 8.47. The van der Waals surface area contributed by atoms with Gasteiger partial charge in [-0.05, 0) is 12.5 Å². The fourth-order valence-corrected chi connectivity index (χ4v) is 1.87. The molecule has 2 amide bonds. The number of nitrogens with two attached hydrogens (primary N) is 1. The Labute approximate surface area is 81.8 Å². The molecule has 0 aromatic heterocycles. The Hall–Kier alpha value is -0.550. The van der Waals surface area contributed by atoms with Crippen LogP contribution in [0.1, 0.15) is 6.92 Å². The summed E-state index contributed by atoms with van der Waals surface area (Å²) in [6.45, 7) is 2.90. The zero-order valence-electron chi connectivity index (χ0n) is 7.66. The molecule has 0 aromatic carbocycles. The summed E-state index contributed by atoms with van der Waals surface area (Å²) >= 11 is 1.38. The molecule has 4 nitrogen and oxygen atoms in total. The van der Waals surface area contributed by atoms with Gasteiger partial charge in [-0.15, -0.1) is 11.8 Å². The number of thioether (sulfide) groups is 1. The third kappa shape index (κ3) is 2.70. The number of rotatable bonds is 3. The van der Waals surface area contributed by atoms with Crippen molar-refractivity contribution in [2.45, 2.75) is 6.92 Å². The van der Waals surface area contributed by atoms with Crippen LogP contribution in [0, 0.1) is 5.92 Å². The summed E-state index contributed by atoms with van der Waals surface area (Å²) < 4.78 is 0. The van der Waals surface area contributed by atoms with Crippen LogP contribution in [0.5, 0.6) is 0 Å². The molecule has 0 bridgehead atoms. The topological polar surface area (TPSA) is 63.4 Å². The first-order valence-corrected chi connectivity index (χ1v) is 5.41. The van der Waals surface area contributed by atoms with Gasteiger partial charge in [-0.25, -0.2) is 0 Å². The van der Waals surface area contributed by atoms with Crippen LogP contribution in [0.2, 0.25) is 0 Å². The SMILES string of the molecule is CC(CN)CN1C(=O)CSCC1=O. The smallest absolute Gasteiger partial charge is 0.239 e. The van der Waals surface area contributed by atoms with Crippen molar-refractivity contribution in [3.63, 3.8) is 0 Å². The maximum atomic E-state index is 11.3. The van der Waals surface area contributed by atoms with Crippen molar-refractivity contribution in [3.8, 4) is 0 Å². The van der Waals surface area contributed by atoms with Crippen molar-refractivity contribution in [1.82, 2.24) is 4.90 Å². The second-order valence-electron chi connectivity index (χ2n) is 3.23. The first kappa shape index (κ1) is 10.5. The highest BCUT2D eigenvalue weighted by atomic mass is 32.2. The Morgan fingerprint density at radius 1 is 1.46 bits per heavy atom. The van der Waals surface area contributed by atoms with Gasteiger partial charge in [-0.1, -0.05) is 6.92 Å². The van der Waals surface area contributed by atoms with E-state index in [2.05, 4.69) is 0 Å². The fraction of sp³-hybridized carbons (Fsp3) is 0.750. The molecule has 2 N–H and O–H groups in total. The summed E-state index contributed by atoms with van der Waals surface area (Å²) in [7, 11) is 0. The summed E-state index contributed by atoms with van der Waals surface area (Å²) in [6.07, 6.45) is 0. The van der Waals surface area contributed by atoms with E-state index in [-0.39, 0.29) is 17.7 Å². The quantitative estimate of drug-likeness (QED) is 0.637. The molecular formula is C8H14N2O2S. The lowest BCUT2D eigenvalue weighted by molar-refractivity contribution is -0.142. The minimum absolute atomic E-state index is 0.0819. The van der Waals surface area contributed by atoms with E-state index in [9.17, 15) is 9.59 Å². The molecule has 1 aliphatic heterocycles. The Balaban J connectivity index is 2.54. The fourth-order valence-electron chi connectivity index (χ4n) is 1.11. The first-order valence-electron chi connectivity index (χ1n) is 4.26. The van der Waals surface area contributed by atoms with Gasteiger partial charge in [0, 0.05) is 6.54 Å². The number of hydrogen-bond donors (Lipinski definition) is 1. The summed E-state index contributed by atoms with van der Waals surface area (Å²) in [6, 6.07) is 0. The first-order chi connectivity index (χ1) is 6.15. The van der Waals surface area contributed by atoms with E-state index in [1.807, 2.05) is 6.92 Å². The van der Waals surface area contributed by atoms with Crippen LogP contribution in [0.3, 0.4) is 0 Å². The largest absolute Gasteiger partial charge is 0.330 e. The molecule has 1 fully saturated rings. The summed E-state index contributed by atoms with van der Waals surface area (Å²) in [4.78, 5) is 23.9. The van der Waals surface area contributed by atoms with Crippen LogP contribution in [0.25, 0.3) is 0 Å². The summed E-state index contributed by atoms with van der Waals surface area (Å²) in [5, 5.41) is 0. The molecule has 0 aliphatic carbocycles. The van der Waals surface area contributed by atoms with Gasteiger partial charge in [0.1, 0.15) is 0 Å². The Kier molecular flexibility index (Phi) is 3.74. The molecule has 1 unspecified atom stereocenters. The van der Waals surface area contributed by atoms with Crippen molar-refractivity contribution in [1.29, 1.82) is 0 Å². The van der Waals surface area contributed by atoms with E-state index in [1.165, 1.54) is 16.7 Å². The lowest BCUT2D eigenvalue weighted by atomic mass is 10.1. The molecule has 74 valence electrons. The minimum atomic E-state index is -0.0819. The standard InChI is InChI=1S/C8H14N2O2S/c1-6(2-9)3-10-7(11)4-13-5-8(10)12/h6H,2-5,9H2,1H3. The third-order valence-electron chi connectivity index (χ3n) is 1.95. The molecule has 5 heteroatoms. The van der Waals surface area contributed by atoms with Crippen LogP contribution in [0.4, 0.5) is 0 Å². The molecule has 1 atom stereocenters. The molecule has 1 heterocycles. The molecule has 1 saturated heterocycles. The molecule has 0 spiro atoms. The van der Waals surface area contributed by atoms with Crippen LogP contribution >= 0.6 is 11.8 Å². The summed E-state index contributed by atoms with van der Waals surface area (Å²) in [5.74, 6) is 0.866. The maximum absolute atomic E-state index is 11.3. The average molecular weight is 202 g/mol. The number of hydrogen-bond acceptors (Lipinski definition) is 4. The predicted octanol–water partition coefficient (Wildman–Crippen LogP) is -0.317. The van der Waals surface area contributed by atoms with Gasteiger partial charge in [0.25, 0.3) is 0 Å². The average Bonchev–Trinajstić information content (AvgIpc) is 2.11. The normalized spacial score (nSPS) is 20.6. The lowest BCUT2D eigenvalue weighted by Gasteiger charge is -2.26. The van der Waals surface area contributed by atoms with Crippen LogP contribution in [0.15, 0.2) is 0 Å². The zero-order chi connectivity index (χ0) is 9.84. The highest BCUT2D eigenvalue weighted by molar-refractivity contribution is 8.00. The van der Waals surface area contributed by atoms with Crippen LogP contribution in [-0.2, 0) is 9.59 Å². The molecule has 1 rings (SSSR count). The number of imide groups is 1. The van der Waals surface area contributed by atoms with Crippen molar-refractivity contribution in [2.75, 3.05) is 24.6 Å². The maximum Gasteiger partial charge on any atom is 0.239 e. The number of amides is 2. The minimum Gasteiger partial charge on any atom is -0.330 e. The highest BCUT2D eigenvalue weighted by Gasteiger charge is 2.26. The second-order valence-corrected chi connectivity index (χ2v) is 4.22. The van der Waals surface area contributed by atoms with Gasteiger partial charge in [0.15, 0.2) is 0 Å².